The number of nitrogens with one attached hydrogen (secondary N) is 1. The summed E-state index contributed by atoms with van der Waals surface area (Å²) in [6.45, 7) is 1.64. The number of anilines is 2. The molecule has 0 spiro atoms. The maximum atomic E-state index is 13.8. The van der Waals surface area contributed by atoms with Crippen LogP contribution in [0.2, 0.25) is 0 Å². The molecule has 1 aliphatic rings. The fraction of sp³-hybridized carbons (Fsp3) is 0.176. The Morgan fingerprint density at radius 3 is 2.52 bits per heavy atom. The molecular formula is C17H15FN2O6S. The van der Waals surface area contributed by atoms with E-state index in [2.05, 4.69) is 10.1 Å². The van der Waals surface area contributed by atoms with Gasteiger partial charge in [0.05, 0.1) is 16.3 Å². The molecule has 2 aromatic carbocycles. The van der Waals surface area contributed by atoms with E-state index >= 15 is 0 Å². The van der Waals surface area contributed by atoms with Gasteiger partial charge < -0.3 is 15.2 Å². The number of sulfonamides is 1. The van der Waals surface area contributed by atoms with E-state index < -0.39 is 33.9 Å². The lowest BCUT2D eigenvalue weighted by Crippen LogP contribution is -2.50. The number of rotatable bonds is 4. The fourth-order valence-electron chi connectivity index (χ4n) is 2.83. The highest BCUT2D eigenvalue weighted by Crippen LogP contribution is 2.37. The minimum absolute atomic E-state index is 0.0207. The molecule has 0 fully saturated rings. The van der Waals surface area contributed by atoms with Crippen LogP contribution in [0.3, 0.4) is 0 Å². The quantitative estimate of drug-likeness (QED) is 0.609. The lowest BCUT2D eigenvalue weighted by Gasteiger charge is -2.36. The van der Waals surface area contributed by atoms with Crippen molar-refractivity contribution in [1.29, 1.82) is 0 Å². The second-order valence-electron chi connectivity index (χ2n) is 5.72. The van der Waals surface area contributed by atoms with Crippen LogP contribution >= 0.6 is 0 Å². The summed E-state index contributed by atoms with van der Waals surface area (Å²) in [5.41, 5.74) is 0.202. The second kappa shape index (κ2) is 6.88. The predicted octanol–water partition coefficient (Wildman–Crippen LogP) is 2.81. The Morgan fingerprint density at radius 1 is 1.26 bits per heavy atom. The van der Waals surface area contributed by atoms with Crippen LogP contribution in [0.5, 0.6) is 5.75 Å². The monoisotopic (exact) mass is 394 g/mol. The van der Waals surface area contributed by atoms with E-state index in [4.69, 9.17) is 5.11 Å². The Balaban J connectivity index is 2.10. The fourth-order valence-corrected chi connectivity index (χ4v) is 4.52. The lowest BCUT2D eigenvalue weighted by atomic mass is 10.1. The first-order valence-electron chi connectivity index (χ1n) is 7.89. The molecule has 1 heterocycles. The van der Waals surface area contributed by atoms with E-state index in [9.17, 15) is 22.4 Å². The summed E-state index contributed by atoms with van der Waals surface area (Å²) in [6.07, 6.45) is -1.37. The molecule has 0 unspecified atom stereocenters. The molecule has 0 aromatic heterocycles. The highest BCUT2D eigenvalue weighted by molar-refractivity contribution is 7.93. The third-order valence-corrected chi connectivity index (χ3v) is 5.85. The van der Waals surface area contributed by atoms with Gasteiger partial charge in [0.15, 0.2) is 0 Å². The smallest absolute Gasteiger partial charge is 0.449 e. The molecule has 10 heteroatoms. The Kier molecular flexibility index (Phi) is 4.75. The topological polar surface area (TPSA) is 113 Å². The Bertz CT molecular complexity index is 1010. The van der Waals surface area contributed by atoms with E-state index in [0.29, 0.717) is 0 Å². The standard InChI is InChI=1S/C17H15FN2O6S/c1-2-14-16(21)19-13-8-3-10(18)9-15(13)20(14)27(24,25)12-6-4-11(5-7-12)26-17(22)23/h3-9,14H,2H2,1H3,(H,19,21)(H,22,23)/t14-/m0/s1. The highest BCUT2D eigenvalue weighted by atomic mass is 32.2. The number of ether oxygens (including phenoxy) is 1. The number of carboxylic acid groups (broad SMARTS) is 1. The minimum atomic E-state index is -4.23. The zero-order chi connectivity index (χ0) is 19.8. The van der Waals surface area contributed by atoms with Crippen molar-refractivity contribution in [1.82, 2.24) is 0 Å². The van der Waals surface area contributed by atoms with Gasteiger partial charge >= 0.3 is 6.16 Å². The highest BCUT2D eigenvalue weighted by Gasteiger charge is 2.40. The number of carbonyl (C=O) groups is 2. The number of amides is 1. The molecule has 2 aromatic rings. The van der Waals surface area contributed by atoms with Crippen molar-refractivity contribution in [3.8, 4) is 5.75 Å². The summed E-state index contributed by atoms with van der Waals surface area (Å²) in [5.74, 6) is -1.23. The zero-order valence-corrected chi connectivity index (χ0v) is 14.9. The average molecular weight is 394 g/mol. The molecule has 0 saturated heterocycles. The number of nitrogens with zero attached hydrogens (tertiary/aromatic N) is 1. The number of halogens is 1. The summed E-state index contributed by atoms with van der Waals surface area (Å²) in [4.78, 5) is 22.7. The van der Waals surface area contributed by atoms with Crippen molar-refractivity contribution in [3.63, 3.8) is 0 Å². The van der Waals surface area contributed by atoms with Crippen molar-refractivity contribution >= 4 is 33.5 Å². The largest absolute Gasteiger partial charge is 0.511 e. The molecular weight excluding hydrogens is 379 g/mol. The number of hydrogen-bond acceptors (Lipinski definition) is 5. The first kappa shape index (κ1) is 18.6. The molecule has 1 atom stereocenters. The molecule has 0 radical (unpaired) electrons. The molecule has 1 amide bonds. The SMILES string of the molecule is CC[C@H]1C(=O)Nc2ccc(F)cc2N1S(=O)(=O)c1ccc(OC(=O)O)cc1. The van der Waals surface area contributed by atoms with Gasteiger partial charge in [-0.3, -0.25) is 9.10 Å². The number of hydrogen-bond donors (Lipinski definition) is 2. The van der Waals surface area contributed by atoms with Crippen molar-refractivity contribution in [2.45, 2.75) is 24.3 Å². The molecule has 27 heavy (non-hydrogen) atoms. The molecule has 142 valence electrons. The molecule has 3 rings (SSSR count). The van der Waals surface area contributed by atoms with E-state index in [1.807, 2.05) is 0 Å². The van der Waals surface area contributed by atoms with Gasteiger partial charge in [0.1, 0.15) is 17.6 Å². The van der Waals surface area contributed by atoms with Gasteiger partial charge in [-0.2, -0.15) is 0 Å². The summed E-state index contributed by atoms with van der Waals surface area (Å²) in [7, 11) is -4.23. The molecule has 0 saturated carbocycles. The molecule has 2 N–H and O–H groups in total. The number of carbonyl (C=O) groups excluding carboxylic acids is 1. The van der Waals surface area contributed by atoms with E-state index in [1.54, 1.807) is 6.92 Å². The van der Waals surface area contributed by atoms with Gasteiger partial charge in [-0.25, -0.2) is 17.6 Å². The van der Waals surface area contributed by atoms with E-state index in [-0.39, 0.29) is 28.4 Å². The molecule has 1 aliphatic heterocycles. The first-order chi connectivity index (χ1) is 12.7. The first-order valence-corrected chi connectivity index (χ1v) is 9.33. The van der Waals surface area contributed by atoms with Crippen LogP contribution in [0, 0.1) is 5.82 Å². The van der Waals surface area contributed by atoms with Gasteiger partial charge in [-0.15, -0.1) is 0 Å². The van der Waals surface area contributed by atoms with Gasteiger partial charge in [-0.1, -0.05) is 6.92 Å². The van der Waals surface area contributed by atoms with Crippen LogP contribution in [0.15, 0.2) is 47.4 Å². The van der Waals surface area contributed by atoms with Crippen molar-refractivity contribution in [3.05, 3.63) is 48.3 Å². The van der Waals surface area contributed by atoms with Crippen LogP contribution in [-0.2, 0) is 14.8 Å². The van der Waals surface area contributed by atoms with E-state index in [0.717, 1.165) is 28.6 Å². The van der Waals surface area contributed by atoms with Crippen LogP contribution in [0.1, 0.15) is 13.3 Å². The van der Waals surface area contributed by atoms with Crippen molar-refractivity contribution in [2.75, 3.05) is 9.62 Å². The lowest BCUT2D eigenvalue weighted by molar-refractivity contribution is -0.117. The van der Waals surface area contributed by atoms with E-state index in [1.165, 1.54) is 18.2 Å². The molecule has 0 aliphatic carbocycles. The van der Waals surface area contributed by atoms with Crippen LogP contribution in [0.4, 0.5) is 20.6 Å². The number of benzene rings is 2. The summed E-state index contributed by atoms with van der Waals surface area (Å²) in [6, 6.07) is 7.07. The third-order valence-electron chi connectivity index (χ3n) is 4.01. The van der Waals surface area contributed by atoms with Gasteiger partial charge in [-0.05, 0) is 42.8 Å². The van der Waals surface area contributed by atoms with Gasteiger partial charge in [0.2, 0.25) is 5.91 Å². The maximum absolute atomic E-state index is 13.8. The van der Waals surface area contributed by atoms with Crippen LogP contribution in [-0.4, -0.2) is 31.6 Å². The maximum Gasteiger partial charge on any atom is 0.511 e. The van der Waals surface area contributed by atoms with Gasteiger partial charge in [0.25, 0.3) is 10.0 Å². The second-order valence-corrected chi connectivity index (χ2v) is 7.53. The van der Waals surface area contributed by atoms with Crippen molar-refractivity contribution < 1.29 is 32.2 Å². The zero-order valence-electron chi connectivity index (χ0n) is 14.0. The Hall–Kier alpha value is -3.14. The average Bonchev–Trinajstić information content (AvgIpc) is 2.60. The summed E-state index contributed by atoms with van der Waals surface area (Å²) >= 11 is 0. The van der Waals surface area contributed by atoms with Gasteiger partial charge in [0, 0.05) is 6.07 Å². The Labute approximate surface area is 154 Å². The minimum Gasteiger partial charge on any atom is -0.449 e. The van der Waals surface area contributed by atoms with Crippen LogP contribution < -0.4 is 14.4 Å². The molecule has 0 bridgehead atoms. The van der Waals surface area contributed by atoms with Crippen LogP contribution in [0.25, 0.3) is 0 Å². The summed E-state index contributed by atoms with van der Waals surface area (Å²) in [5, 5.41) is 11.2. The Morgan fingerprint density at radius 2 is 1.93 bits per heavy atom. The summed E-state index contributed by atoms with van der Waals surface area (Å²) < 4.78 is 45.4. The predicted molar refractivity (Wildman–Crippen MR) is 93.9 cm³/mol. The molecule has 8 nitrogen and oxygen atoms in total. The normalized spacial score (nSPS) is 16.4. The van der Waals surface area contributed by atoms with Crippen molar-refractivity contribution in [2.24, 2.45) is 0 Å². The number of fused-ring (bicyclic) bond motifs is 1. The third kappa shape index (κ3) is 3.43.